The van der Waals surface area contributed by atoms with Crippen molar-refractivity contribution < 1.29 is 9.18 Å². The molecule has 19 heavy (non-hydrogen) atoms. The first-order chi connectivity index (χ1) is 8.83. The molecular weight excluding hydrogens is 239 g/mol. The molecule has 0 heterocycles. The van der Waals surface area contributed by atoms with E-state index in [4.69, 9.17) is 0 Å². The van der Waals surface area contributed by atoms with Gasteiger partial charge in [-0.3, -0.25) is 4.79 Å². The van der Waals surface area contributed by atoms with Gasteiger partial charge in [-0.25, -0.2) is 4.39 Å². The van der Waals surface area contributed by atoms with Crippen molar-refractivity contribution in [3.63, 3.8) is 0 Å². The predicted octanol–water partition coefficient (Wildman–Crippen LogP) is 4.84. The van der Waals surface area contributed by atoms with Gasteiger partial charge in [0.25, 0.3) is 0 Å². The van der Waals surface area contributed by atoms with E-state index in [1.54, 1.807) is 0 Å². The van der Waals surface area contributed by atoms with Crippen molar-refractivity contribution in [2.75, 3.05) is 0 Å². The zero-order valence-electron chi connectivity index (χ0n) is 12.3. The Balaban J connectivity index is 2.39. The highest BCUT2D eigenvalue weighted by molar-refractivity contribution is 6.00. The maximum absolute atomic E-state index is 13.4. The molecule has 2 heteroatoms. The van der Waals surface area contributed by atoms with E-state index in [2.05, 4.69) is 13.8 Å². The number of carbonyl (C=O) groups excluding carboxylic acids is 1. The number of halogens is 1. The molecule has 104 valence electrons. The lowest BCUT2D eigenvalue weighted by Crippen LogP contribution is -2.34. The van der Waals surface area contributed by atoms with Crippen LogP contribution in [0.1, 0.15) is 61.0 Å². The summed E-state index contributed by atoms with van der Waals surface area (Å²) in [6.45, 7) is 8.03. The second-order valence-electron chi connectivity index (χ2n) is 6.57. The van der Waals surface area contributed by atoms with Gasteiger partial charge in [0.05, 0.1) is 0 Å². The average Bonchev–Trinajstić information content (AvgIpc) is 2.26. The largest absolute Gasteiger partial charge is 0.294 e. The maximum Gasteiger partial charge on any atom is 0.167 e. The van der Waals surface area contributed by atoms with Gasteiger partial charge in [-0.05, 0) is 55.4 Å². The summed E-state index contributed by atoms with van der Waals surface area (Å²) in [5.74, 6) is 0.0262. The Labute approximate surface area is 115 Å². The Bertz CT molecular complexity index is 479. The average molecular weight is 262 g/mol. The highest BCUT2D eigenvalue weighted by atomic mass is 19.1. The van der Waals surface area contributed by atoms with Crippen molar-refractivity contribution in [3.05, 3.63) is 34.6 Å². The quantitative estimate of drug-likeness (QED) is 0.697. The second-order valence-corrected chi connectivity index (χ2v) is 6.57. The summed E-state index contributed by atoms with van der Waals surface area (Å²) in [5.41, 5.74) is 2.33. The molecule has 1 unspecified atom stereocenters. The minimum absolute atomic E-state index is 0.0581. The van der Waals surface area contributed by atoms with E-state index in [1.165, 1.54) is 18.6 Å². The van der Waals surface area contributed by atoms with E-state index >= 15 is 0 Å². The van der Waals surface area contributed by atoms with E-state index < -0.39 is 0 Å². The lowest BCUT2D eigenvalue weighted by molar-refractivity contribution is 0.0696. The van der Waals surface area contributed by atoms with Crippen LogP contribution in [-0.4, -0.2) is 5.78 Å². The number of ketones is 1. The SMILES string of the molecule is Cc1cc(F)cc(C)c1C(=O)C1CCCCC1(C)C. The van der Waals surface area contributed by atoms with Gasteiger partial charge in [-0.1, -0.05) is 26.7 Å². The molecule has 1 aliphatic carbocycles. The number of benzene rings is 1. The topological polar surface area (TPSA) is 17.1 Å². The van der Waals surface area contributed by atoms with E-state index in [-0.39, 0.29) is 22.9 Å². The predicted molar refractivity (Wildman–Crippen MR) is 75.9 cm³/mol. The van der Waals surface area contributed by atoms with E-state index in [0.29, 0.717) is 0 Å². The van der Waals surface area contributed by atoms with Crippen LogP contribution >= 0.6 is 0 Å². The fourth-order valence-corrected chi connectivity index (χ4v) is 3.45. The van der Waals surface area contributed by atoms with Gasteiger partial charge in [-0.2, -0.15) is 0 Å². The minimum atomic E-state index is -0.255. The van der Waals surface area contributed by atoms with Crippen LogP contribution in [0.25, 0.3) is 0 Å². The first kappa shape index (κ1) is 14.2. The fourth-order valence-electron chi connectivity index (χ4n) is 3.45. The molecule has 1 aromatic rings. The van der Waals surface area contributed by atoms with E-state index in [0.717, 1.165) is 36.0 Å². The lowest BCUT2D eigenvalue weighted by atomic mass is 9.66. The number of hydrogen-bond acceptors (Lipinski definition) is 1. The van der Waals surface area contributed by atoms with Crippen molar-refractivity contribution in [1.82, 2.24) is 0 Å². The maximum atomic E-state index is 13.4. The van der Waals surface area contributed by atoms with Crippen LogP contribution in [0.4, 0.5) is 4.39 Å². The van der Waals surface area contributed by atoms with Gasteiger partial charge < -0.3 is 0 Å². The monoisotopic (exact) mass is 262 g/mol. The Morgan fingerprint density at radius 2 is 1.79 bits per heavy atom. The first-order valence-electron chi connectivity index (χ1n) is 7.14. The zero-order chi connectivity index (χ0) is 14.2. The van der Waals surface area contributed by atoms with Gasteiger partial charge in [0.15, 0.2) is 5.78 Å². The highest BCUT2D eigenvalue weighted by Gasteiger charge is 2.38. The summed E-state index contributed by atoms with van der Waals surface area (Å²) in [7, 11) is 0. The summed E-state index contributed by atoms with van der Waals surface area (Å²) in [6.07, 6.45) is 4.39. The normalized spacial score (nSPS) is 22.3. The molecular formula is C17H23FO. The molecule has 1 fully saturated rings. The molecule has 1 aliphatic rings. The number of hydrogen-bond donors (Lipinski definition) is 0. The molecule has 0 amide bonds. The molecule has 0 spiro atoms. The van der Waals surface area contributed by atoms with Gasteiger partial charge >= 0.3 is 0 Å². The van der Waals surface area contributed by atoms with E-state index in [9.17, 15) is 9.18 Å². The van der Waals surface area contributed by atoms with Crippen molar-refractivity contribution >= 4 is 5.78 Å². The van der Waals surface area contributed by atoms with Gasteiger partial charge in [0.1, 0.15) is 5.82 Å². The summed E-state index contributed by atoms with van der Waals surface area (Å²) >= 11 is 0. The molecule has 0 bridgehead atoms. The molecule has 2 rings (SSSR count). The van der Waals surface area contributed by atoms with Crippen molar-refractivity contribution in [1.29, 1.82) is 0 Å². The standard InChI is InChI=1S/C17H23FO/c1-11-9-13(18)10-12(2)15(11)16(19)14-7-5-6-8-17(14,3)4/h9-10,14H,5-8H2,1-4H3. The van der Waals surface area contributed by atoms with Crippen molar-refractivity contribution in [3.8, 4) is 0 Å². The molecule has 0 aliphatic heterocycles. The van der Waals surface area contributed by atoms with Gasteiger partial charge in [-0.15, -0.1) is 0 Å². The molecule has 0 radical (unpaired) electrons. The molecule has 0 aromatic heterocycles. The number of carbonyl (C=O) groups is 1. The smallest absolute Gasteiger partial charge is 0.167 e. The number of rotatable bonds is 2. The summed E-state index contributed by atoms with van der Waals surface area (Å²) in [4.78, 5) is 12.8. The van der Waals surface area contributed by atoms with Gasteiger partial charge in [0.2, 0.25) is 0 Å². The summed E-state index contributed by atoms with van der Waals surface area (Å²) in [6, 6.07) is 2.94. The Morgan fingerprint density at radius 1 is 1.21 bits per heavy atom. The van der Waals surface area contributed by atoms with Crippen LogP contribution in [0.3, 0.4) is 0 Å². The van der Waals surface area contributed by atoms with Crippen molar-refractivity contribution in [2.24, 2.45) is 11.3 Å². The molecule has 1 atom stereocenters. The number of aryl methyl sites for hydroxylation is 2. The minimum Gasteiger partial charge on any atom is -0.294 e. The third kappa shape index (κ3) is 2.72. The van der Waals surface area contributed by atoms with Crippen LogP contribution in [0.15, 0.2) is 12.1 Å². The Hall–Kier alpha value is -1.18. The zero-order valence-corrected chi connectivity index (χ0v) is 12.3. The molecule has 0 N–H and O–H groups in total. The van der Waals surface area contributed by atoms with Crippen LogP contribution in [0.2, 0.25) is 0 Å². The van der Waals surface area contributed by atoms with Crippen LogP contribution in [0, 0.1) is 31.0 Å². The van der Waals surface area contributed by atoms with Crippen LogP contribution in [0.5, 0.6) is 0 Å². The third-order valence-electron chi connectivity index (χ3n) is 4.57. The summed E-state index contributed by atoms with van der Waals surface area (Å²) < 4.78 is 13.4. The van der Waals surface area contributed by atoms with Crippen molar-refractivity contribution in [2.45, 2.75) is 53.4 Å². The fraction of sp³-hybridized carbons (Fsp3) is 0.588. The second kappa shape index (κ2) is 5.07. The molecule has 1 saturated carbocycles. The lowest BCUT2D eigenvalue weighted by Gasteiger charge is -2.38. The molecule has 1 aromatic carbocycles. The summed E-state index contributed by atoms with van der Waals surface area (Å²) in [5, 5.41) is 0. The highest BCUT2D eigenvalue weighted by Crippen LogP contribution is 2.42. The first-order valence-corrected chi connectivity index (χ1v) is 7.14. The third-order valence-corrected chi connectivity index (χ3v) is 4.57. The molecule has 0 saturated heterocycles. The van der Waals surface area contributed by atoms with Crippen LogP contribution in [-0.2, 0) is 0 Å². The van der Waals surface area contributed by atoms with E-state index in [1.807, 2.05) is 13.8 Å². The van der Waals surface area contributed by atoms with Gasteiger partial charge in [0, 0.05) is 11.5 Å². The Morgan fingerprint density at radius 3 is 2.32 bits per heavy atom. The van der Waals surface area contributed by atoms with Crippen LogP contribution < -0.4 is 0 Å². The number of Topliss-reactive ketones (excluding diaryl/α,β-unsaturated/α-hetero) is 1. The Kier molecular flexibility index (Phi) is 3.80. The molecule has 1 nitrogen and oxygen atoms in total.